The van der Waals surface area contributed by atoms with Gasteiger partial charge in [-0.1, -0.05) is 12.1 Å². The molecule has 4 nitrogen and oxygen atoms in total. The molecule has 0 aromatic heterocycles. The topological polar surface area (TPSA) is 39.7 Å². The van der Waals surface area contributed by atoms with Crippen molar-refractivity contribution in [3.63, 3.8) is 0 Å². The fourth-order valence-corrected chi connectivity index (χ4v) is 3.24. The Morgan fingerprint density at radius 1 is 1.19 bits per heavy atom. The van der Waals surface area contributed by atoms with Crippen molar-refractivity contribution in [3.8, 4) is 11.5 Å². The lowest BCUT2D eigenvalue weighted by Crippen LogP contribution is -2.30. The number of rotatable bonds is 4. The first-order valence-corrected chi connectivity index (χ1v) is 8.00. The number of ether oxygens (including phenoxy) is 3. The maximum Gasteiger partial charge on any atom is 0.165 e. The average molecular weight is 291 g/mol. The summed E-state index contributed by atoms with van der Waals surface area (Å²) in [6.45, 7) is 3.69. The van der Waals surface area contributed by atoms with Gasteiger partial charge in [-0.3, -0.25) is 0 Å². The molecule has 2 saturated heterocycles. The smallest absolute Gasteiger partial charge is 0.165 e. The normalized spacial score (nSPS) is 23.8. The first-order valence-electron chi connectivity index (χ1n) is 8.00. The van der Waals surface area contributed by atoms with Gasteiger partial charge in [0.1, 0.15) is 6.10 Å². The molecule has 4 heteroatoms. The minimum Gasteiger partial charge on any atom is -0.493 e. The van der Waals surface area contributed by atoms with Crippen molar-refractivity contribution in [1.82, 2.24) is 5.32 Å². The second-order valence-corrected chi connectivity index (χ2v) is 5.86. The molecule has 2 aliphatic heterocycles. The van der Waals surface area contributed by atoms with Crippen LogP contribution in [0.1, 0.15) is 37.2 Å². The highest BCUT2D eigenvalue weighted by atomic mass is 16.5. The van der Waals surface area contributed by atoms with Crippen LogP contribution in [0, 0.1) is 0 Å². The van der Waals surface area contributed by atoms with Crippen molar-refractivity contribution in [2.24, 2.45) is 0 Å². The highest BCUT2D eigenvalue weighted by Gasteiger charge is 2.24. The lowest BCUT2D eigenvalue weighted by atomic mass is 9.89. The Balaban J connectivity index is 1.83. The number of para-hydroxylation sites is 1. The maximum atomic E-state index is 6.29. The van der Waals surface area contributed by atoms with E-state index in [4.69, 9.17) is 14.2 Å². The molecular weight excluding hydrogens is 266 g/mol. The van der Waals surface area contributed by atoms with Gasteiger partial charge in [0, 0.05) is 12.2 Å². The van der Waals surface area contributed by atoms with Crippen molar-refractivity contribution >= 4 is 0 Å². The first-order chi connectivity index (χ1) is 10.4. The Bertz CT molecular complexity index is 451. The van der Waals surface area contributed by atoms with E-state index in [2.05, 4.69) is 17.4 Å². The summed E-state index contributed by atoms with van der Waals surface area (Å²) in [4.78, 5) is 0. The monoisotopic (exact) mass is 291 g/mol. The maximum absolute atomic E-state index is 6.29. The van der Waals surface area contributed by atoms with Gasteiger partial charge in [-0.2, -0.15) is 0 Å². The van der Waals surface area contributed by atoms with Crippen molar-refractivity contribution in [2.75, 3.05) is 33.4 Å². The fraction of sp³-hybridized carbons (Fsp3) is 0.647. The summed E-state index contributed by atoms with van der Waals surface area (Å²) < 4.78 is 17.4. The number of hydrogen-bond donors (Lipinski definition) is 1. The average Bonchev–Trinajstić information content (AvgIpc) is 2.57. The molecule has 2 aliphatic rings. The summed E-state index contributed by atoms with van der Waals surface area (Å²) in [5, 5.41) is 3.42. The molecule has 1 aromatic rings. The molecule has 1 unspecified atom stereocenters. The van der Waals surface area contributed by atoms with Crippen LogP contribution >= 0.6 is 0 Å². The van der Waals surface area contributed by atoms with Crippen molar-refractivity contribution in [3.05, 3.63) is 23.8 Å². The summed E-state index contributed by atoms with van der Waals surface area (Å²) in [5.74, 6) is 2.33. The zero-order chi connectivity index (χ0) is 14.5. The van der Waals surface area contributed by atoms with E-state index in [1.54, 1.807) is 7.11 Å². The third kappa shape index (κ3) is 3.50. The molecule has 0 amide bonds. The molecule has 1 aromatic carbocycles. The fourth-order valence-electron chi connectivity index (χ4n) is 3.24. The third-order valence-electron chi connectivity index (χ3n) is 4.41. The Morgan fingerprint density at radius 3 is 2.76 bits per heavy atom. The largest absolute Gasteiger partial charge is 0.493 e. The van der Waals surface area contributed by atoms with Crippen LogP contribution in [0.3, 0.4) is 0 Å². The Kier molecular flexibility index (Phi) is 4.99. The van der Waals surface area contributed by atoms with Crippen LogP contribution in [0.2, 0.25) is 0 Å². The van der Waals surface area contributed by atoms with Gasteiger partial charge < -0.3 is 19.5 Å². The molecule has 0 aliphatic carbocycles. The zero-order valence-electron chi connectivity index (χ0n) is 12.8. The molecule has 3 rings (SSSR count). The van der Waals surface area contributed by atoms with E-state index in [0.717, 1.165) is 56.9 Å². The van der Waals surface area contributed by atoms with E-state index >= 15 is 0 Å². The van der Waals surface area contributed by atoms with Crippen LogP contribution in [-0.4, -0.2) is 39.5 Å². The zero-order valence-corrected chi connectivity index (χ0v) is 12.8. The van der Waals surface area contributed by atoms with Crippen LogP contribution in [0.5, 0.6) is 11.5 Å². The molecule has 2 fully saturated rings. The van der Waals surface area contributed by atoms with Gasteiger partial charge in [0.15, 0.2) is 11.5 Å². The lowest BCUT2D eigenvalue weighted by molar-refractivity contribution is 0.00582. The van der Waals surface area contributed by atoms with Crippen LogP contribution in [0.15, 0.2) is 18.2 Å². The van der Waals surface area contributed by atoms with Crippen molar-refractivity contribution in [2.45, 2.75) is 37.7 Å². The Hall–Kier alpha value is -1.26. The van der Waals surface area contributed by atoms with Gasteiger partial charge in [-0.25, -0.2) is 0 Å². The lowest BCUT2D eigenvalue weighted by Gasteiger charge is -2.29. The predicted molar refractivity (Wildman–Crippen MR) is 82.3 cm³/mol. The molecule has 0 radical (unpaired) electrons. The van der Waals surface area contributed by atoms with Crippen molar-refractivity contribution < 1.29 is 14.2 Å². The van der Waals surface area contributed by atoms with E-state index in [0.29, 0.717) is 12.5 Å². The van der Waals surface area contributed by atoms with Crippen LogP contribution in [-0.2, 0) is 4.74 Å². The molecule has 1 atom stereocenters. The summed E-state index contributed by atoms with van der Waals surface area (Å²) >= 11 is 0. The number of benzene rings is 1. The molecule has 1 N–H and O–H groups in total. The number of hydrogen-bond acceptors (Lipinski definition) is 4. The minimum atomic E-state index is 0.149. The quantitative estimate of drug-likeness (QED) is 0.926. The molecule has 0 saturated carbocycles. The molecule has 2 heterocycles. The van der Waals surface area contributed by atoms with E-state index < -0.39 is 0 Å². The standard InChI is InChI=1S/C17H25NO3/c1-19-16-6-2-5-15(13-7-9-18-10-8-13)17(16)21-14-4-3-11-20-12-14/h2,5-6,13-14,18H,3-4,7-12H2,1H3. The van der Waals surface area contributed by atoms with E-state index in [1.807, 2.05) is 6.07 Å². The molecule has 116 valence electrons. The Morgan fingerprint density at radius 2 is 2.05 bits per heavy atom. The second kappa shape index (κ2) is 7.14. The van der Waals surface area contributed by atoms with Crippen LogP contribution < -0.4 is 14.8 Å². The van der Waals surface area contributed by atoms with Gasteiger partial charge >= 0.3 is 0 Å². The third-order valence-corrected chi connectivity index (χ3v) is 4.41. The highest BCUT2D eigenvalue weighted by Crippen LogP contribution is 2.40. The Labute approximate surface area is 126 Å². The van der Waals surface area contributed by atoms with Gasteiger partial charge in [-0.05, 0) is 50.8 Å². The van der Waals surface area contributed by atoms with Crippen molar-refractivity contribution in [1.29, 1.82) is 0 Å². The van der Waals surface area contributed by atoms with E-state index in [-0.39, 0.29) is 6.10 Å². The molecule has 0 bridgehead atoms. The van der Waals surface area contributed by atoms with E-state index in [9.17, 15) is 0 Å². The first kappa shape index (κ1) is 14.7. The number of piperidine rings is 1. The van der Waals surface area contributed by atoms with E-state index in [1.165, 1.54) is 5.56 Å². The molecular formula is C17H25NO3. The van der Waals surface area contributed by atoms with Crippen LogP contribution in [0.4, 0.5) is 0 Å². The van der Waals surface area contributed by atoms with Gasteiger partial charge in [0.2, 0.25) is 0 Å². The summed E-state index contributed by atoms with van der Waals surface area (Å²) in [5.41, 5.74) is 1.29. The van der Waals surface area contributed by atoms with Gasteiger partial charge in [0.25, 0.3) is 0 Å². The molecule has 21 heavy (non-hydrogen) atoms. The van der Waals surface area contributed by atoms with Gasteiger partial charge in [0.05, 0.1) is 13.7 Å². The second-order valence-electron chi connectivity index (χ2n) is 5.86. The van der Waals surface area contributed by atoms with Crippen LogP contribution in [0.25, 0.3) is 0 Å². The summed E-state index contributed by atoms with van der Waals surface area (Å²) in [6.07, 6.45) is 4.59. The molecule has 0 spiro atoms. The minimum absolute atomic E-state index is 0.149. The highest BCUT2D eigenvalue weighted by molar-refractivity contribution is 5.48. The summed E-state index contributed by atoms with van der Waals surface area (Å²) in [7, 11) is 1.71. The SMILES string of the molecule is COc1cccc(C2CCNCC2)c1OC1CCCOC1. The van der Waals surface area contributed by atoms with Gasteiger partial charge in [-0.15, -0.1) is 0 Å². The number of nitrogens with one attached hydrogen (secondary N) is 1. The predicted octanol–water partition coefficient (Wildman–Crippen LogP) is 2.72. The number of methoxy groups -OCH3 is 1. The summed E-state index contributed by atoms with van der Waals surface area (Å²) in [6, 6.07) is 6.25.